The molecule has 3 aromatic carbocycles. The maximum Gasteiger partial charge on any atom is 0.261 e. The zero-order chi connectivity index (χ0) is 21.5. The van der Waals surface area contributed by atoms with Gasteiger partial charge in [-0.1, -0.05) is 61.5 Å². The lowest BCUT2D eigenvalue weighted by Crippen LogP contribution is -2.37. The molecule has 1 fully saturated rings. The number of rotatable bonds is 8. The average molecular weight is 419 g/mol. The lowest BCUT2D eigenvalue weighted by molar-refractivity contribution is -0.128. The number of amides is 1. The van der Waals surface area contributed by atoms with Gasteiger partial charge in [0.1, 0.15) is 5.75 Å². The third kappa shape index (κ3) is 5.84. The minimum atomic E-state index is -0.512. The number of ether oxygens (including phenoxy) is 2. The van der Waals surface area contributed by atoms with E-state index in [0.29, 0.717) is 18.7 Å². The van der Waals surface area contributed by atoms with E-state index in [9.17, 15) is 4.79 Å². The van der Waals surface area contributed by atoms with Gasteiger partial charge in [-0.15, -0.1) is 0 Å². The van der Waals surface area contributed by atoms with Gasteiger partial charge in [0.15, 0.2) is 6.10 Å². The molecule has 3 aromatic rings. The monoisotopic (exact) mass is 418 g/mol. The van der Waals surface area contributed by atoms with Gasteiger partial charge < -0.3 is 14.8 Å². The Morgan fingerprint density at radius 3 is 2.45 bits per heavy atom. The maximum absolute atomic E-state index is 12.7. The smallest absolute Gasteiger partial charge is 0.261 e. The molecule has 1 heterocycles. The van der Waals surface area contributed by atoms with Crippen molar-refractivity contribution in [3.63, 3.8) is 0 Å². The average Bonchev–Trinajstić information content (AvgIpc) is 2.82. The molecule has 4 rings (SSSR count). The second-order valence-corrected chi connectivity index (χ2v) is 7.95. The summed E-state index contributed by atoms with van der Waals surface area (Å²) in [6.07, 6.45) is 0.0960. The van der Waals surface area contributed by atoms with Crippen LogP contribution in [0.25, 0.3) is 10.8 Å². The first kappa shape index (κ1) is 21.3. The fourth-order valence-corrected chi connectivity index (χ4v) is 3.81. The Morgan fingerprint density at radius 2 is 1.71 bits per heavy atom. The highest BCUT2D eigenvalue weighted by atomic mass is 16.5. The van der Waals surface area contributed by atoms with Crippen molar-refractivity contribution in [2.45, 2.75) is 32.5 Å². The number of carbonyl (C=O) groups excluding carboxylic acids is 1. The largest absolute Gasteiger partial charge is 0.481 e. The van der Waals surface area contributed by atoms with E-state index in [1.165, 1.54) is 5.56 Å². The summed E-state index contributed by atoms with van der Waals surface area (Å²) < 4.78 is 11.4. The predicted molar refractivity (Wildman–Crippen MR) is 123 cm³/mol. The molecule has 5 heteroatoms. The summed E-state index contributed by atoms with van der Waals surface area (Å²) in [6, 6.07) is 22.5. The Hall–Kier alpha value is -2.89. The van der Waals surface area contributed by atoms with E-state index in [1.807, 2.05) is 43.3 Å². The molecule has 1 atom stereocenters. The molecular formula is C26H30N2O3. The van der Waals surface area contributed by atoms with Crippen molar-refractivity contribution >= 4 is 16.7 Å². The first-order chi connectivity index (χ1) is 15.2. The second kappa shape index (κ2) is 10.4. The number of benzene rings is 3. The quantitative estimate of drug-likeness (QED) is 0.597. The molecule has 0 saturated carbocycles. The van der Waals surface area contributed by atoms with E-state index in [0.717, 1.165) is 49.2 Å². The molecule has 1 N–H and O–H groups in total. The third-order valence-electron chi connectivity index (χ3n) is 5.66. The van der Waals surface area contributed by atoms with Crippen molar-refractivity contribution in [1.82, 2.24) is 10.2 Å². The Bertz CT molecular complexity index is 997. The SMILES string of the molecule is CC[C@H](Oc1ccc2ccccc2c1)C(=O)NCc1ccc(CN2CCOCC2)cc1. The number of carbonyl (C=O) groups is 1. The summed E-state index contributed by atoms with van der Waals surface area (Å²) in [5.41, 5.74) is 2.36. The van der Waals surface area contributed by atoms with E-state index in [4.69, 9.17) is 9.47 Å². The minimum absolute atomic E-state index is 0.0898. The molecule has 162 valence electrons. The first-order valence-corrected chi connectivity index (χ1v) is 11.0. The van der Waals surface area contributed by atoms with Crippen LogP contribution < -0.4 is 10.1 Å². The summed E-state index contributed by atoms with van der Waals surface area (Å²) in [5, 5.41) is 5.28. The van der Waals surface area contributed by atoms with Gasteiger partial charge in [0.25, 0.3) is 5.91 Å². The summed E-state index contributed by atoms with van der Waals surface area (Å²) >= 11 is 0. The number of fused-ring (bicyclic) bond motifs is 1. The number of morpholine rings is 1. The first-order valence-electron chi connectivity index (χ1n) is 11.0. The summed E-state index contributed by atoms with van der Waals surface area (Å²) in [7, 11) is 0. The topological polar surface area (TPSA) is 50.8 Å². The molecule has 0 bridgehead atoms. The van der Waals surface area contributed by atoms with E-state index >= 15 is 0 Å². The van der Waals surface area contributed by atoms with Gasteiger partial charge in [-0.3, -0.25) is 9.69 Å². The molecule has 0 spiro atoms. The lowest BCUT2D eigenvalue weighted by atomic mass is 10.1. The molecule has 1 aliphatic heterocycles. The normalized spacial score (nSPS) is 15.5. The van der Waals surface area contributed by atoms with Gasteiger partial charge in [-0.05, 0) is 40.5 Å². The van der Waals surface area contributed by atoms with Gasteiger partial charge in [-0.2, -0.15) is 0 Å². The van der Waals surface area contributed by atoms with Crippen LogP contribution in [-0.2, 0) is 22.6 Å². The third-order valence-corrected chi connectivity index (χ3v) is 5.66. The van der Waals surface area contributed by atoms with Crippen molar-refractivity contribution in [3.8, 4) is 5.75 Å². The minimum Gasteiger partial charge on any atom is -0.481 e. The van der Waals surface area contributed by atoms with Crippen molar-refractivity contribution < 1.29 is 14.3 Å². The fraction of sp³-hybridized carbons (Fsp3) is 0.346. The molecule has 0 radical (unpaired) electrons. The summed E-state index contributed by atoms with van der Waals surface area (Å²) in [5.74, 6) is 0.626. The van der Waals surface area contributed by atoms with Crippen LogP contribution in [-0.4, -0.2) is 43.2 Å². The zero-order valence-electron chi connectivity index (χ0n) is 18.0. The van der Waals surface area contributed by atoms with E-state index < -0.39 is 6.10 Å². The molecule has 31 heavy (non-hydrogen) atoms. The molecule has 1 saturated heterocycles. The summed E-state index contributed by atoms with van der Waals surface area (Å²) in [6.45, 7) is 6.97. The molecule has 1 aliphatic rings. The Morgan fingerprint density at radius 1 is 1.00 bits per heavy atom. The lowest BCUT2D eigenvalue weighted by Gasteiger charge is -2.26. The molecule has 0 aromatic heterocycles. The fourth-order valence-electron chi connectivity index (χ4n) is 3.81. The van der Waals surface area contributed by atoms with Crippen molar-refractivity contribution in [2.75, 3.05) is 26.3 Å². The van der Waals surface area contributed by atoms with Crippen LogP contribution in [0.1, 0.15) is 24.5 Å². The van der Waals surface area contributed by atoms with E-state index in [2.05, 4.69) is 40.5 Å². The van der Waals surface area contributed by atoms with Crippen LogP contribution in [0, 0.1) is 0 Å². The second-order valence-electron chi connectivity index (χ2n) is 7.95. The number of nitrogens with zero attached hydrogens (tertiary/aromatic N) is 1. The summed E-state index contributed by atoms with van der Waals surface area (Å²) in [4.78, 5) is 15.1. The Balaban J connectivity index is 1.30. The van der Waals surface area contributed by atoms with Crippen LogP contribution in [0.3, 0.4) is 0 Å². The van der Waals surface area contributed by atoms with E-state index in [-0.39, 0.29) is 5.91 Å². The molecule has 1 amide bonds. The highest BCUT2D eigenvalue weighted by molar-refractivity contribution is 5.84. The van der Waals surface area contributed by atoms with Crippen LogP contribution in [0.15, 0.2) is 66.7 Å². The highest BCUT2D eigenvalue weighted by Crippen LogP contribution is 2.22. The van der Waals surface area contributed by atoms with Crippen LogP contribution in [0.5, 0.6) is 5.75 Å². The Labute approximate surface area is 184 Å². The van der Waals surface area contributed by atoms with Crippen molar-refractivity contribution in [2.24, 2.45) is 0 Å². The van der Waals surface area contributed by atoms with Gasteiger partial charge in [0.05, 0.1) is 13.2 Å². The van der Waals surface area contributed by atoms with Crippen LogP contribution in [0.2, 0.25) is 0 Å². The van der Waals surface area contributed by atoms with Gasteiger partial charge >= 0.3 is 0 Å². The van der Waals surface area contributed by atoms with Crippen LogP contribution >= 0.6 is 0 Å². The van der Waals surface area contributed by atoms with Crippen LogP contribution in [0.4, 0.5) is 0 Å². The number of hydrogen-bond acceptors (Lipinski definition) is 4. The molecule has 0 aliphatic carbocycles. The van der Waals surface area contributed by atoms with Crippen molar-refractivity contribution in [1.29, 1.82) is 0 Å². The highest BCUT2D eigenvalue weighted by Gasteiger charge is 2.18. The number of hydrogen-bond donors (Lipinski definition) is 1. The molecular weight excluding hydrogens is 388 g/mol. The van der Waals surface area contributed by atoms with Crippen molar-refractivity contribution in [3.05, 3.63) is 77.9 Å². The number of nitrogens with one attached hydrogen (secondary N) is 1. The zero-order valence-corrected chi connectivity index (χ0v) is 18.0. The maximum atomic E-state index is 12.7. The molecule has 0 unspecified atom stereocenters. The Kier molecular flexibility index (Phi) is 7.18. The standard InChI is InChI=1S/C26H30N2O3/c1-2-25(31-24-12-11-22-5-3-4-6-23(22)17-24)26(29)27-18-20-7-9-21(10-8-20)19-28-13-15-30-16-14-28/h3-12,17,25H,2,13-16,18-19H2,1H3,(H,27,29)/t25-/m0/s1. The van der Waals surface area contributed by atoms with Gasteiger partial charge in [-0.25, -0.2) is 0 Å². The van der Waals surface area contributed by atoms with Gasteiger partial charge in [0.2, 0.25) is 0 Å². The molecule has 5 nitrogen and oxygen atoms in total. The van der Waals surface area contributed by atoms with E-state index in [1.54, 1.807) is 0 Å². The predicted octanol–water partition coefficient (Wildman–Crippen LogP) is 4.15. The van der Waals surface area contributed by atoms with Gasteiger partial charge in [0, 0.05) is 26.2 Å².